The second kappa shape index (κ2) is 6.08. The first kappa shape index (κ1) is 16.5. The Balaban J connectivity index is 2.09. The SMILES string of the molecule is CCOc1ccc(NC2CC(C)(C)CC(C)(C)C2)cc1Cl. The predicted molar refractivity (Wildman–Crippen MR) is 91.4 cm³/mol. The summed E-state index contributed by atoms with van der Waals surface area (Å²) in [6, 6.07) is 6.48. The summed E-state index contributed by atoms with van der Waals surface area (Å²) >= 11 is 6.27. The molecular weight excluding hydrogens is 282 g/mol. The van der Waals surface area contributed by atoms with Crippen LogP contribution in [0.1, 0.15) is 53.9 Å². The number of nitrogens with one attached hydrogen (secondary N) is 1. The zero-order valence-corrected chi connectivity index (χ0v) is 14.7. The molecular formula is C18H28ClNO. The van der Waals surface area contributed by atoms with Crippen molar-refractivity contribution in [2.75, 3.05) is 11.9 Å². The summed E-state index contributed by atoms with van der Waals surface area (Å²) in [6.07, 6.45) is 3.67. The highest BCUT2D eigenvalue weighted by Gasteiger charge is 2.38. The van der Waals surface area contributed by atoms with Crippen molar-refractivity contribution in [2.45, 2.75) is 59.9 Å². The Bertz CT molecular complexity index is 480. The van der Waals surface area contributed by atoms with Crippen LogP contribution in [0.3, 0.4) is 0 Å². The quantitative estimate of drug-likeness (QED) is 0.764. The molecule has 0 aliphatic heterocycles. The van der Waals surface area contributed by atoms with Gasteiger partial charge in [-0.3, -0.25) is 0 Å². The average Bonchev–Trinajstić information content (AvgIpc) is 2.28. The summed E-state index contributed by atoms with van der Waals surface area (Å²) in [4.78, 5) is 0. The molecule has 0 spiro atoms. The fraction of sp³-hybridized carbons (Fsp3) is 0.667. The van der Waals surface area contributed by atoms with E-state index in [1.165, 1.54) is 19.3 Å². The van der Waals surface area contributed by atoms with E-state index >= 15 is 0 Å². The third kappa shape index (κ3) is 4.54. The van der Waals surface area contributed by atoms with Crippen LogP contribution in [-0.2, 0) is 0 Å². The average molecular weight is 310 g/mol. The predicted octanol–water partition coefficient (Wildman–Crippen LogP) is 5.76. The molecule has 0 atom stereocenters. The zero-order valence-electron chi connectivity index (χ0n) is 13.9. The number of rotatable bonds is 4. The van der Waals surface area contributed by atoms with E-state index in [2.05, 4.69) is 39.1 Å². The third-order valence-corrected chi connectivity index (χ3v) is 4.45. The molecule has 1 aromatic carbocycles. The summed E-state index contributed by atoms with van der Waals surface area (Å²) in [7, 11) is 0. The van der Waals surface area contributed by atoms with Gasteiger partial charge in [0.1, 0.15) is 5.75 Å². The van der Waals surface area contributed by atoms with Gasteiger partial charge in [-0.25, -0.2) is 0 Å². The number of halogens is 1. The molecule has 0 heterocycles. The first-order valence-electron chi connectivity index (χ1n) is 7.90. The molecule has 2 nitrogen and oxygen atoms in total. The summed E-state index contributed by atoms with van der Waals surface area (Å²) in [5, 5.41) is 4.34. The Morgan fingerprint density at radius 3 is 2.33 bits per heavy atom. The minimum atomic E-state index is 0.383. The summed E-state index contributed by atoms with van der Waals surface area (Å²) in [5.41, 5.74) is 1.85. The van der Waals surface area contributed by atoms with Gasteiger partial charge >= 0.3 is 0 Å². The molecule has 0 aromatic heterocycles. The van der Waals surface area contributed by atoms with Crippen LogP contribution in [0.15, 0.2) is 18.2 Å². The summed E-state index contributed by atoms with van der Waals surface area (Å²) < 4.78 is 5.49. The van der Waals surface area contributed by atoms with Gasteiger partial charge in [0.2, 0.25) is 0 Å². The minimum absolute atomic E-state index is 0.383. The standard InChI is InChI=1S/C18H28ClNO/c1-6-21-16-8-7-13(9-15(16)19)20-14-10-17(2,3)12-18(4,5)11-14/h7-9,14,20H,6,10-12H2,1-5H3. The Morgan fingerprint density at radius 1 is 1.19 bits per heavy atom. The number of hydrogen-bond acceptors (Lipinski definition) is 2. The van der Waals surface area contributed by atoms with Crippen molar-refractivity contribution in [1.29, 1.82) is 0 Å². The van der Waals surface area contributed by atoms with E-state index in [4.69, 9.17) is 16.3 Å². The molecule has 3 heteroatoms. The minimum Gasteiger partial charge on any atom is -0.492 e. The van der Waals surface area contributed by atoms with Crippen molar-refractivity contribution in [1.82, 2.24) is 0 Å². The maximum atomic E-state index is 6.27. The van der Waals surface area contributed by atoms with Gasteiger partial charge in [0.15, 0.2) is 0 Å². The molecule has 21 heavy (non-hydrogen) atoms. The highest BCUT2D eigenvalue weighted by atomic mass is 35.5. The molecule has 1 aliphatic rings. The number of anilines is 1. The molecule has 0 unspecified atom stereocenters. The Morgan fingerprint density at radius 2 is 1.81 bits per heavy atom. The van der Waals surface area contributed by atoms with E-state index in [-0.39, 0.29) is 0 Å². The van der Waals surface area contributed by atoms with Gasteiger partial charge in [0.25, 0.3) is 0 Å². The second-order valence-corrected chi connectivity index (χ2v) is 8.24. The summed E-state index contributed by atoms with van der Waals surface area (Å²) in [6.45, 7) is 12.1. The van der Waals surface area contributed by atoms with Gasteiger partial charge in [-0.1, -0.05) is 39.3 Å². The molecule has 0 bridgehead atoms. The van der Waals surface area contributed by atoms with E-state index < -0.39 is 0 Å². The zero-order chi connectivity index (χ0) is 15.7. The molecule has 1 aromatic rings. The van der Waals surface area contributed by atoms with Crippen LogP contribution in [0.5, 0.6) is 5.75 Å². The van der Waals surface area contributed by atoms with Crippen LogP contribution in [-0.4, -0.2) is 12.6 Å². The molecule has 1 fully saturated rings. The number of hydrogen-bond donors (Lipinski definition) is 1. The lowest BCUT2D eigenvalue weighted by Crippen LogP contribution is -2.40. The summed E-state index contributed by atoms with van der Waals surface area (Å²) in [5.74, 6) is 0.758. The smallest absolute Gasteiger partial charge is 0.138 e. The molecule has 118 valence electrons. The van der Waals surface area contributed by atoms with Gasteiger partial charge in [-0.2, -0.15) is 0 Å². The van der Waals surface area contributed by atoms with Crippen molar-refractivity contribution < 1.29 is 4.74 Å². The Labute approximate surface area is 134 Å². The largest absolute Gasteiger partial charge is 0.492 e. The molecule has 0 radical (unpaired) electrons. The van der Waals surface area contributed by atoms with Crippen molar-refractivity contribution in [3.05, 3.63) is 23.2 Å². The Kier molecular flexibility index (Phi) is 4.77. The third-order valence-electron chi connectivity index (χ3n) is 4.16. The lowest BCUT2D eigenvalue weighted by Gasteiger charge is -2.45. The van der Waals surface area contributed by atoms with Crippen LogP contribution < -0.4 is 10.1 Å². The van der Waals surface area contributed by atoms with E-state index in [0.717, 1.165) is 11.4 Å². The maximum Gasteiger partial charge on any atom is 0.138 e. The molecule has 0 amide bonds. The van der Waals surface area contributed by atoms with Crippen molar-refractivity contribution >= 4 is 17.3 Å². The molecule has 2 rings (SSSR count). The van der Waals surface area contributed by atoms with E-state index in [1.807, 2.05) is 19.1 Å². The monoisotopic (exact) mass is 309 g/mol. The fourth-order valence-corrected chi connectivity index (χ4v) is 4.28. The van der Waals surface area contributed by atoms with Crippen molar-refractivity contribution in [2.24, 2.45) is 10.8 Å². The van der Waals surface area contributed by atoms with Crippen LogP contribution in [0, 0.1) is 10.8 Å². The van der Waals surface area contributed by atoms with Crippen LogP contribution in [0.2, 0.25) is 5.02 Å². The number of ether oxygens (including phenoxy) is 1. The van der Waals surface area contributed by atoms with Gasteiger partial charge in [-0.05, 0) is 55.2 Å². The van der Waals surface area contributed by atoms with Crippen molar-refractivity contribution in [3.8, 4) is 5.75 Å². The van der Waals surface area contributed by atoms with E-state index in [0.29, 0.717) is 28.5 Å². The van der Waals surface area contributed by atoms with Gasteiger partial charge in [0, 0.05) is 11.7 Å². The highest BCUT2D eigenvalue weighted by molar-refractivity contribution is 6.32. The highest BCUT2D eigenvalue weighted by Crippen LogP contribution is 2.46. The van der Waals surface area contributed by atoms with Crippen LogP contribution in [0.4, 0.5) is 5.69 Å². The first-order valence-corrected chi connectivity index (χ1v) is 8.27. The van der Waals surface area contributed by atoms with Gasteiger partial charge in [-0.15, -0.1) is 0 Å². The second-order valence-electron chi connectivity index (χ2n) is 7.83. The van der Waals surface area contributed by atoms with Gasteiger partial charge in [0.05, 0.1) is 11.6 Å². The van der Waals surface area contributed by atoms with Crippen LogP contribution >= 0.6 is 11.6 Å². The normalized spacial score (nSPS) is 21.0. The van der Waals surface area contributed by atoms with E-state index in [9.17, 15) is 0 Å². The van der Waals surface area contributed by atoms with Gasteiger partial charge < -0.3 is 10.1 Å². The van der Waals surface area contributed by atoms with Crippen LogP contribution in [0.25, 0.3) is 0 Å². The molecule has 0 saturated heterocycles. The lowest BCUT2D eigenvalue weighted by molar-refractivity contribution is 0.105. The number of benzene rings is 1. The molecule has 1 aliphatic carbocycles. The van der Waals surface area contributed by atoms with E-state index in [1.54, 1.807) is 0 Å². The topological polar surface area (TPSA) is 21.3 Å². The molecule has 1 N–H and O–H groups in total. The maximum absolute atomic E-state index is 6.27. The van der Waals surface area contributed by atoms with Crippen molar-refractivity contribution in [3.63, 3.8) is 0 Å². The first-order chi connectivity index (χ1) is 9.71. The fourth-order valence-electron chi connectivity index (χ4n) is 4.05. The molecule has 1 saturated carbocycles. The Hall–Kier alpha value is -0.890. The lowest BCUT2D eigenvalue weighted by atomic mass is 9.63.